The first-order valence-electron chi connectivity index (χ1n) is 8.15. The molecule has 0 bridgehead atoms. The normalized spacial score (nSPS) is 11.7. The second kappa shape index (κ2) is 6.11. The Kier molecular flexibility index (Phi) is 4.14. The lowest BCUT2D eigenvalue weighted by Gasteiger charge is -2.22. The van der Waals surface area contributed by atoms with Crippen molar-refractivity contribution in [3.05, 3.63) is 60.4 Å². The topological polar surface area (TPSA) is 38.1 Å². The number of rotatable bonds is 3. The van der Waals surface area contributed by atoms with Gasteiger partial charge in [0.2, 0.25) is 5.91 Å². The van der Waals surface area contributed by atoms with Crippen molar-refractivity contribution in [2.24, 2.45) is 0 Å². The van der Waals surface area contributed by atoms with E-state index >= 15 is 0 Å². The lowest BCUT2D eigenvalue weighted by atomic mass is 9.95. The molecule has 24 heavy (non-hydrogen) atoms. The summed E-state index contributed by atoms with van der Waals surface area (Å²) in [6.07, 6.45) is 0. The summed E-state index contributed by atoms with van der Waals surface area (Å²) in [6.45, 7) is 6.64. The maximum Gasteiger partial charge on any atom is 0.246 e. The molecule has 2 aromatic carbocycles. The van der Waals surface area contributed by atoms with E-state index in [-0.39, 0.29) is 17.9 Å². The van der Waals surface area contributed by atoms with E-state index in [0.29, 0.717) is 0 Å². The van der Waals surface area contributed by atoms with E-state index in [9.17, 15) is 4.79 Å². The van der Waals surface area contributed by atoms with Crippen LogP contribution in [0.3, 0.4) is 0 Å². The van der Waals surface area contributed by atoms with Gasteiger partial charge in [0.1, 0.15) is 12.4 Å². The van der Waals surface area contributed by atoms with Crippen LogP contribution in [-0.2, 0) is 16.8 Å². The van der Waals surface area contributed by atoms with Gasteiger partial charge < -0.3 is 9.47 Å². The molecule has 4 heteroatoms. The number of hydrogen-bond acceptors (Lipinski definition) is 2. The molecule has 1 heterocycles. The van der Waals surface area contributed by atoms with Gasteiger partial charge in [-0.25, -0.2) is 4.98 Å². The van der Waals surface area contributed by atoms with E-state index < -0.39 is 0 Å². The minimum Gasteiger partial charge on any atom is -0.318 e. The highest BCUT2D eigenvalue weighted by molar-refractivity contribution is 5.93. The quantitative estimate of drug-likeness (QED) is 0.731. The van der Waals surface area contributed by atoms with Crippen LogP contribution in [0.2, 0.25) is 0 Å². The summed E-state index contributed by atoms with van der Waals surface area (Å²) in [5, 5.41) is 0. The van der Waals surface area contributed by atoms with E-state index in [1.165, 1.54) is 0 Å². The molecule has 0 aliphatic rings. The summed E-state index contributed by atoms with van der Waals surface area (Å²) in [5.41, 5.74) is 2.68. The fraction of sp³-hybridized carbons (Fsp3) is 0.300. The third kappa shape index (κ3) is 3.04. The predicted molar refractivity (Wildman–Crippen MR) is 98.3 cm³/mol. The maximum absolute atomic E-state index is 12.8. The van der Waals surface area contributed by atoms with Gasteiger partial charge in [-0.1, -0.05) is 51.1 Å². The average Bonchev–Trinajstić information content (AvgIpc) is 2.94. The number of para-hydroxylation sites is 3. The molecule has 3 aromatic rings. The smallest absolute Gasteiger partial charge is 0.246 e. The van der Waals surface area contributed by atoms with E-state index in [1.54, 1.807) is 4.90 Å². The number of carbonyl (C=O) groups is 1. The number of benzene rings is 2. The molecule has 0 saturated heterocycles. The second-order valence-corrected chi connectivity index (χ2v) is 7.05. The Morgan fingerprint density at radius 3 is 2.33 bits per heavy atom. The number of aromatic nitrogens is 2. The van der Waals surface area contributed by atoms with Gasteiger partial charge in [0, 0.05) is 18.2 Å². The molecule has 4 nitrogen and oxygen atoms in total. The van der Waals surface area contributed by atoms with Gasteiger partial charge in [0.25, 0.3) is 0 Å². The Balaban J connectivity index is 1.99. The molecule has 3 rings (SSSR count). The van der Waals surface area contributed by atoms with E-state index in [1.807, 2.05) is 66.2 Å². The van der Waals surface area contributed by atoms with Crippen LogP contribution in [0.1, 0.15) is 26.6 Å². The fourth-order valence-corrected chi connectivity index (χ4v) is 2.85. The summed E-state index contributed by atoms with van der Waals surface area (Å²) < 4.78 is 2.04. The molecule has 0 saturated carbocycles. The Morgan fingerprint density at radius 2 is 1.67 bits per heavy atom. The van der Waals surface area contributed by atoms with Crippen LogP contribution in [0.4, 0.5) is 5.69 Å². The Labute approximate surface area is 142 Å². The predicted octanol–water partition coefficient (Wildman–Crippen LogP) is 4.00. The summed E-state index contributed by atoms with van der Waals surface area (Å²) in [5.74, 6) is 0.966. The van der Waals surface area contributed by atoms with Crippen molar-refractivity contribution in [3.8, 4) is 0 Å². The van der Waals surface area contributed by atoms with Gasteiger partial charge in [-0.2, -0.15) is 0 Å². The van der Waals surface area contributed by atoms with Gasteiger partial charge in [-0.3, -0.25) is 4.79 Å². The fourth-order valence-electron chi connectivity index (χ4n) is 2.85. The first-order valence-corrected chi connectivity index (χ1v) is 8.15. The molecule has 1 amide bonds. The molecule has 0 fully saturated rings. The summed E-state index contributed by atoms with van der Waals surface area (Å²) >= 11 is 0. The zero-order chi connectivity index (χ0) is 17.3. The van der Waals surface area contributed by atoms with E-state index in [4.69, 9.17) is 4.98 Å². The SMILES string of the molecule is CN(C(=O)Cn1c(C(C)(C)C)nc2ccccc21)c1ccccc1. The van der Waals surface area contributed by atoms with Gasteiger partial charge in [0.05, 0.1) is 11.0 Å². The highest BCUT2D eigenvalue weighted by Gasteiger charge is 2.24. The Hall–Kier alpha value is -2.62. The largest absolute Gasteiger partial charge is 0.318 e. The summed E-state index contributed by atoms with van der Waals surface area (Å²) in [6, 6.07) is 17.7. The number of hydrogen-bond donors (Lipinski definition) is 0. The van der Waals surface area contributed by atoms with Crippen molar-refractivity contribution < 1.29 is 4.79 Å². The van der Waals surface area contributed by atoms with Crippen LogP contribution in [-0.4, -0.2) is 22.5 Å². The number of imidazole rings is 1. The molecule has 0 unspecified atom stereocenters. The zero-order valence-electron chi connectivity index (χ0n) is 14.7. The van der Waals surface area contributed by atoms with Gasteiger partial charge in [0.15, 0.2) is 0 Å². The maximum atomic E-state index is 12.8. The molecule has 0 aliphatic carbocycles. The lowest BCUT2D eigenvalue weighted by molar-refractivity contribution is -0.118. The summed E-state index contributed by atoms with van der Waals surface area (Å²) in [7, 11) is 1.81. The number of carbonyl (C=O) groups excluding carboxylic acids is 1. The second-order valence-electron chi connectivity index (χ2n) is 7.05. The van der Waals surface area contributed by atoms with Crippen LogP contribution in [0.5, 0.6) is 0 Å². The molecule has 0 radical (unpaired) electrons. The molecule has 1 aromatic heterocycles. The van der Waals surface area contributed by atoms with Crippen molar-refractivity contribution in [2.45, 2.75) is 32.7 Å². The monoisotopic (exact) mass is 321 g/mol. The first-order chi connectivity index (χ1) is 11.4. The third-order valence-electron chi connectivity index (χ3n) is 4.14. The first kappa shape index (κ1) is 16.2. The third-order valence-corrected chi connectivity index (χ3v) is 4.14. The molecule has 0 atom stereocenters. The van der Waals surface area contributed by atoms with Crippen molar-refractivity contribution in [1.82, 2.24) is 9.55 Å². The van der Waals surface area contributed by atoms with Crippen LogP contribution < -0.4 is 4.90 Å². The van der Waals surface area contributed by atoms with Crippen molar-refractivity contribution in [3.63, 3.8) is 0 Å². The van der Waals surface area contributed by atoms with Crippen LogP contribution in [0.25, 0.3) is 11.0 Å². The Bertz CT molecular complexity index is 859. The van der Waals surface area contributed by atoms with Gasteiger partial charge in [-0.15, -0.1) is 0 Å². The number of anilines is 1. The van der Waals surface area contributed by atoms with Crippen LogP contribution in [0.15, 0.2) is 54.6 Å². The Morgan fingerprint density at radius 1 is 1.04 bits per heavy atom. The molecular formula is C20H23N3O. The van der Waals surface area contributed by atoms with E-state index in [2.05, 4.69) is 20.8 Å². The number of fused-ring (bicyclic) bond motifs is 1. The van der Waals surface area contributed by atoms with Crippen molar-refractivity contribution in [1.29, 1.82) is 0 Å². The molecule has 124 valence electrons. The lowest BCUT2D eigenvalue weighted by Crippen LogP contribution is -2.32. The number of amides is 1. The van der Waals surface area contributed by atoms with Gasteiger partial charge in [-0.05, 0) is 24.3 Å². The average molecular weight is 321 g/mol. The number of nitrogens with zero attached hydrogens (tertiary/aromatic N) is 3. The molecule has 0 spiro atoms. The summed E-state index contributed by atoms with van der Waals surface area (Å²) in [4.78, 5) is 19.3. The minimum absolute atomic E-state index is 0.0369. The molecular weight excluding hydrogens is 298 g/mol. The highest BCUT2D eigenvalue weighted by atomic mass is 16.2. The van der Waals surface area contributed by atoms with Crippen LogP contribution in [0, 0.1) is 0 Å². The van der Waals surface area contributed by atoms with Crippen LogP contribution >= 0.6 is 0 Å². The minimum atomic E-state index is -0.134. The zero-order valence-corrected chi connectivity index (χ0v) is 14.7. The number of likely N-dealkylation sites (N-methyl/N-ethyl adjacent to an activating group) is 1. The standard InChI is InChI=1S/C20H23N3O/c1-20(2,3)19-21-16-12-8-9-13-17(16)23(19)14-18(24)22(4)15-10-6-5-7-11-15/h5-13H,14H2,1-4H3. The van der Waals surface area contributed by atoms with Crippen molar-refractivity contribution >= 4 is 22.6 Å². The van der Waals surface area contributed by atoms with Gasteiger partial charge >= 0.3 is 0 Å². The molecule has 0 N–H and O–H groups in total. The van der Waals surface area contributed by atoms with Crippen molar-refractivity contribution in [2.75, 3.05) is 11.9 Å². The van der Waals surface area contributed by atoms with E-state index in [0.717, 1.165) is 22.5 Å². The molecule has 0 aliphatic heterocycles. The highest BCUT2D eigenvalue weighted by Crippen LogP contribution is 2.26.